The zero-order valence-corrected chi connectivity index (χ0v) is 20.9. The number of likely N-dealkylation sites (N-methyl/N-ethyl adjacent to an activating group) is 1. The van der Waals surface area contributed by atoms with Crippen molar-refractivity contribution >= 4 is 34.7 Å². The number of ether oxygens (including phenoxy) is 1. The molecule has 0 saturated heterocycles. The van der Waals surface area contributed by atoms with Gasteiger partial charge in [0.25, 0.3) is 0 Å². The van der Waals surface area contributed by atoms with E-state index in [-0.39, 0.29) is 24.7 Å². The highest BCUT2D eigenvalue weighted by Gasteiger charge is 2.39. The van der Waals surface area contributed by atoms with E-state index in [9.17, 15) is 4.79 Å². The van der Waals surface area contributed by atoms with Crippen molar-refractivity contribution < 1.29 is 9.53 Å². The number of fused-ring (bicyclic) bond motifs is 1. The second kappa shape index (κ2) is 10.7. The normalized spacial score (nSPS) is 23.0. The molecule has 2 aromatic heterocycles. The number of thioether (sulfide) groups is 1. The van der Waals surface area contributed by atoms with Gasteiger partial charge in [0.05, 0.1) is 12.1 Å². The van der Waals surface area contributed by atoms with Gasteiger partial charge in [-0.3, -0.25) is 4.79 Å². The number of carbonyl (C=O) groups excluding carboxylic acids is 1. The van der Waals surface area contributed by atoms with Gasteiger partial charge in [-0.05, 0) is 25.3 Å². The minimum atomic E-state index is -0.145. The molecule has 184 valence electrons. The van der Waals surface area contributed by atoms with Crippen molar-refractivity contribution in [2.45, 2.75) is 62.4 Å². The summed E-state index contributed by atoms with van der Waals surface area (Å²) in [4.78, 5) is 21.4. The summed E-state index contributed by atoms with van der Waals surface area (Å²) in [5.41, 5.74) is 2.75. The number of nitrogens with zero attached hydrogens (tertiary/aromatic N) is 5. The van der Waals surface area contributed by atoms with Crippen molar-refractivity contribution in [1.29, 1.82) is 0 Å². The summed E-state index contributed by atoms with van der Waals surface area (Å²) in [6.45, 7) is 4.68. The van der Waals surface area contributed by atoms with E-state index >= 15 is 0 Å². The number of amides is 1. The Kier molecular flexibility index (Phi) is 7.29. The van der Waals surface area contributed by atoms with Crippen LogP contribution in [-0.2, 0) is 9.53 Å². The maximum absolute atomic E-state index is 11.7. The molecule has 1 aromatic carbocycles. The van der Waals surface area contributed by atoms with E-state index in [4.69, 9.17) is 14.7 Å². The number of nitrogens with one attached hydrogen (secondary N) is 2. The van der Waals surface area contributed by atoms with E-state index in [1.54, 1.807) is 11.8 Å². The first-order valence-corrected chi connectivity index (χ1v) is 13.3. The summed E-state index contributed by atoms with van der Waals surface area (Å²) in [7, 11) is 0. The van der Waals surface area contributed by atoms with Gasteiger partial charge >= 0.3 is 0 Å². The molecule has 1 amide bonds. The number of allylic oxidation sites excluding steroid dienone is 1. The largest absolute Gasteiger partial charge is 0.365 e. The lowest BCUT2D eigenvalue weighted by molar-refractivity contribution is -0.126. The van der Waals surface area contributed by atoms with Crippen LogP contribution in [0.2, 0.25) is 0 Å². The van der Waals surface area contributed by atoms with E-state index in [0.717, 1.165) is 35.2 Å². The Morgan fingerprint density at radius 1 is 1.17 bits per heavy atom. The van der Waals surface area contributed by atoms with Gasteiger partial charge in [-0.25, -0.2) is 14.6 Å². The second-order valence-electron chi connectivity index (χ2n) is 8.90. The van der Waals surface area contributed by atoms with Gasteiger partial charge in [0.1, 0.15) is 6.61 Å². The number of aromatic nitrogens is 5. The van der Waals surface area contributed by atoms with Crippen LogP contribution in [0.15, 0.2) is 47.6 Å². The Bertz CT molecular complexity index is 1200. The molecule has 2 aliphatic rings. The first-order chi connectivity index (χ1) is 17.2. The Morgan fingerprint density at radius 3 is 2.83 bits per heavy atom. The molecule has 0 aliphatic heterocycles. The van der Waals surface area contributed by atoms with Gasteiger partial charge in [-0.2, -0.15) is 0 Å². The molecule has 1 unspecified atom stereocenters. The highest BCUT2D eigenvalue weighted by molar-refractivity contribution is 7.99. The van der Waals surface area contributed by atoms with E-state index < -0.39 is 0 Å². The van der Waals surface area contributed by atoms with Gasteiger partial charge in [0, 0.05) is 30.7 Å². The minimum absolute atomic E-state index is 0.0380. The predicted molar refractivity (Wildman–Crippen MR) is 137 cm³/mol. The molecule has 2 N–H and O–H groups in total. The molecule has 1 saturated carbocycles. The highest BCUT2D eigenvalue weighted by atomic mass is 32.2. The second-order valence-corrected chi connectivity index (χ2v) is 9.97. The average molecular weight is 494 g/mol. The van der Waals surface area contributed by atoms with Crippen LogP contribution in [0.1, 0.15) is 50.6 Å². The summed E-state index contributed by atoms with van der Waals surface area (Å²) in [5, 5.41) is 16.0. The third-order valence-electron chi connectivity index (χ3n) is 6.22. The fourth-order valence-electron chi connectivity index (χ4n) is 4.37. The number of rotatable bonds is 11. The topological polar surface area (TPSA) is 107 Å². The molecule has 2 heterocycles. The van der Waals surface area contributed by atoms with E-state index in [0.29, 0.717) is 30.4 Å². The van der Waals surface area contributed by atoms with Gasteiger partial charge in [0.15, 0.2) is 22.1 Å². The molecular weight excluding hydrogens is 462 g/mol. The standard InChI is InChI=1S/C25H31N7O2S/c1-3-12-35-25-28-23(27-20-14-19(20)16-8-6-5-7-9-16)22-24(29-25)32(31-30-22)17-10-11-18(13-17)34-15-21(33)26-4-2/h5-11,17-20H,3-4,12-15H2,1-2H3,(H,26,33)(H,27,28,29)/t17-,18+,19+,20?/m1/s1. The van der Waals surface area contributed by atoms with Crippen LogP contribution in [0.25, 0.3) is 11.2 Å². The SMILES string of the molecule is CCCSc1nc(NC2C[C@H]2c2ccccc2)c2nnn([C@@H]3C=C[C@H](OCC(=O)NCC)C3)c2n1. The summed E-state index contributed by atoms with van der Waals surface area (Å²) in [6, 6.07) is 10.9. The molecule has 2 aliphatic carbocycles. The number of carbonyl (C=O) groups is 1. The Balaban J connectivity index is 1.34. The molecule has 3 aromatic rings. The van der Waals surface area contributed by atoms with Crippen molar-refractivity contribution in [3.8, 4) is 0 Å². The average Bonchev–Trinajstić information content (AvgIpc) is 3.26. The highest BCUT2D eigenvalue weighted by Crippen LogP contribution is 2.43. The zero-order chi connectivity index (χ0) is 24.2. The summed E-state index contributed by atoms with van der Waals surface area (Å²) < 4.78 is 7.62. The lowest BCUT2D eigenvalue weighted by Crippen LogP contribution is -2.29. The summed E-state index contributed by atoms with van der Waals surface area (Å²) in [6.07, 6.45) is 6.68. The predicted octanol–water partition coefficient (Wildman–Crippen LogP) is 3.71. The summed E-state index contributed by atoms with van der Waals surface area (Å²) in [5.74, 6) is 2.06. The third-order valence-corrected chi connectivity index (χ3v) is 7.27. The van der Waals surface area contributed by atoms with Crippen LogP contribution in [0.3, 0.4) is 0 Å². The lowest BCUT2D eigenvalue weighted by Gasteiger charge is -2.14. The van der Waals surface area contributed by atoms with Crippen LogP contribution in [0.4, 0.5) is 5.82 Å². The molecule has 9 nitrogen and oxygen atoms in total. The molecular formula is C25H31N7O2S. The van der Waals surface area contributed by atoms with Gasteiger partial charge in [0.2, 0.25) is 5.91 Å². The minimum Gasteiger partial charge on any atom is -0.365 e. The van der Waals surface area contributed by atoms with Gasteiger partial charge < -0.3 is 15.4 Å². The maximum Gasteiger partial charge on any atom is 0.246 e. The molecule has 4 atom stereocenters. The van der Waals surface area contributed by atoms with Crippen LogP contribution in [0.5, 0.6) is 0 Å². The Morgan fingerprint density at radius 2 is 2.03 bits per heavy atom. The van der Waals surface area contributed by atoms with E-state index in [1.807, 2.05) is 23.7 Å². The fourth-order valence-corrected chi connectivity index (χ4v) is 5.07. The van der Waals surface area contributed by atoms with Crippen LogP contribution in [-0.4, -0.2) is 61.9 Å². The number of benzene rings is 1. The third kappa shape index (κ3) is 5.48. The van der Waals surface area contributed by atoms with Gasteiger partial charge in [-0.15, -0.1) is 5.10 Å². The summed E-state index contributed by atoms with van der Waals surface area (Å²) >= 11 is 1.65. The van der Waals surface area contributed by atoms with Gasteiger partial charge in [-0.1, -0.05) is 66.4 Å². The van der Waals surface area contributed by atoms with Crippen molar-refractivity contribution in [2.24, 2.45) is 0 Å². The van der Waals surface area contributed by atoms with Crippen molar-refractivity contribution in [3.63, 3.8) is 0 Å². The first-order valence-electron chi connectivity index (χ1n) is 12.3. The number of hydrogen-bond donors (Lipinski definition) is 2. The smallest absolute Gasteiger partial charge is 0.246 e. The zero-order valence-electron chi connectivity index (χ0n) is 20.1. The molecule has 1 fully saturated rings. The van der Waals surface area contributed by atoms with Crippen LogP contribution >= 0.6 is 11.8 Å². The molecule has 5 rings (SSSR count). The van der Waals surface area contributed by atoms with Crippen molar-refractivity contribution in [3.05, 3.63) is 48.0 Å². The lowest BCUT2D eigenvalue weighted by atomic mass is 10.1. The van der Waals surface area contributed by atoms with E-state index in [1.165, 1.54) is 5.56 Å². The maximum atomic E-state index is 11.7. The molecule has 0 spiro atoms. The Labute approximate surface area is 209 Å². The van der Waals surface area contributed by atoms with Crippen molar-refractivity contribution in [1.82, 2.24) is 30.3 Å². The number of anilines is 1. The fraction of sp³-hybridized carbons (Fsp3) is 0.480. The quantitative estimate of drug-likeness (QED) is 0.237. The molecule has 10 heteroatoms. The van der Waals surface area contributed by atoms with Crippen LogP contribution < -0.4 is 10.6 Å². The molecule has 35 heavy (non-hydrogen) atoms. The molecule has 0 radical (unpaired) electrons. The Hall–Kier alpha value is -2.98. The first kappa shape index (κ1) is 23.7. The van der Waals surface area contributed by atoms with Crippen molar-refractivity contribution in [2.75, 3.05) is 24.2 Å². The number of hydrogen-bond acceptors (Lipinski definition) is 8. The molecule has 0 bridgehead atoms. The van der Waals surface area contributed by atoms with Crippen LogP contribution in [0, 0.1) is 0 Å². The monoisotopic (exact) mass is 493 g/mol. The van der Waals surface area contributed by atoms with E-state index in [2.05, 4.69) is 58.2 Å².